The van der Waals surface area contributed by atoms with Crippen molar-refractivity contribution in [3.63, 3.8) is 0 Å². The Morgan fingerprint density at radius 2 is 1.76 bits per heavy atom. The standard InChI is InChI=1S/C31H30N4O2/c1-23-29(28-12-6-5-11-25(28)20-32)19-26(30-13-7-8-16-33-30)21-35(23)27-14-17-34(18-15-27)31(36)37-22-24-9-3-2-4-10-24/h2-13,16,19,21,23,27H,14-15,17-18,22H2,1H3. The van der Waals surface area contributed by atoms with Gasteiger partial charge in [-0.1, -0.05) is 54.6 Å². The molecule has 3 aromatic rings. The quantitative estimate of drug-likeness (QED) is 0.447. The van der Waals surface area contributed by atoms with Crippen LogP contribution >= 0.6 is 0 Å². The molecule has 1 saturated heterocycles. The van der Waals surface area contributed by atoms with Gasteiger partial charge in [0.1, 0.15) is 6.61 Å². The second-order valence-electron chi connectivity index (χ2n) is 9.44. The summed E-state index contributed by atoms with van der Waals surface area (Å²) in [7, 11) is 0. The van der Waals surface area contributed by atoms with E-state index in [9.17, 15) is 10.1 Å². The third-order valence-corrected chi connectivity index (χ3v) is 7.17. The van der Waals surface area contributed by atoms with Gasteiger partial charge in [0.2, 0.25) is 0 Å². The fraction of sp³-hybridized carbons (Fsp3) is 0.258. The minimum absolute atomic E-state index is 0.0727. The largest absolute Gasteiger partial charge is 0.445 e. The maximum absolute atomic E-state index is 12.7. The first-order chi connectivity index (χ1) is 18.1. The summed E-state index contributed by atoms with van der Waals surface area (Å²) in [5.74, 6) is 0. The van der Waals surface area contributed by atoms with E-state index in [1.165, 1.54) is 0 Å². The van der Waals surface area contributed by atoms with E-state index >= 15 is 0 Å². The molecular formula is C31H30N4O2. The first-order valence-electron chi connectivity index (χ1n) is 12.7. The Hall–Kier alpha value is -4.37. The number of allylic oxidation sites excluding steroid dienone is 2. The van der Waals surface area contributed by atoms with Gasteiger partial charge in [0.25, 0.3) is 0 Å². The van der Waals surface area contributed by atoms with Gasteiger partial charge >= 0.3 is 6.09 Å². The van der Waals surface area contributed by atoms with Crippen LogP contribution in [0.4, 0.5) is 4.79 Å². The Labute approximate surface area is 218 Å². The van der Waals surface area contributed by atoms with E-state index < -0.39 is 0 Å². The number of carbonyl (C=O) groups is 1. The Morgan fingerprint density at radius 1 is 1.03 bits per heavy atom. The van der Waals surface area contributed by atoms with Gasteiger partial charge in [0.15, 0.2) is 0 Å². The molecule has 1 atom stereocenters. The summed E-state index contributed by atoms with van der Waals surface area (Å²) in [5.41, 5.74) is 5.62. The Morgan fingerprint density at radius 3 is 2.49 bits per heavy atom. The fourth-order valence-corrected chi connectivity index (χ4v) is 5.15. The summed E-state index contributed by atoms with van der Waals surface area (Å²) in [6.45, 7) is 3.75. The van der Waals surface area contributed by atoms with Crippen LogP contribution in [0.15, 0.2) is 91.3 Å². The molecule has 6 nitrogen and oxygen atoms in total. The van der Waals surface area contributed by atoms with Crippen LogP contribution in [0.2, 0.25) is 0 Å². The van der Waals surface area contributed by atoms with Crippen LogP contribution < -0.4 is 0 Å². The van der Waals surface area contributed by atoms with Crippen LogP contribution in [0.3, 0.4) is 0 Å². The number of nitrogens with zero attached hydrogens (tertiary/aromatic N) is 4. The third kappa shape index (κ3) is 5.41. The zero-order chi connectivity index (χ0) is 25.6. The average Bonchev–Trinajstić information content (AvgIpc) is 2.97. The van der Waals surface area contributed by atoms with Crippen molar-refractivity contribution < 1.29 is 9.53 Å². The zero-order valence-electron chi connectivity index (χ0n) is 21.0. The number of hydrogen-bond acceptors (Lipinski definition) is 5. The Bertz CT molecular complexity index is 1340. The van der Waals surface area contributed by atoms with Gasteiger partial charge in [-0.15, -0.1) is 0 Å². The summed E-state index contributed by atoms with van der Waals surface area (Å²) < 4.78 is 5.56. The van der Waals surface area contributed by atoms with Gasteiger partial charge in [-0.3, -0.25) is 4.98 Å². The number of rotatable bonds is 5. The number of pyridine rings is 1. The average molecular weight is 491 g/mol. The first-order valence-corrected chi connectivity index (χ1v) is 12.7. The Kier molecular flexibility index (Phi) is 7.32. The molecule has 1 fully saturated rings. The van der Waals surface area contributed by atoms with E-state index in [0.29, 0.717) is 18.7 Å². The molecule has 0 spiro atoms. The molecule has 3 heterocycles. The lowest BCUT2D eigenvalue weighted by atomic mass is 9.88. The van der Waals surface area contributed by atoms with E-state index in [1.54, 1.807) is 11.1 Å². The molecular weight excluding hydrogens is 460 g/mol. The highest BCUT2D eigenvalue weighted by molar-refractivity contribution is 5.87. The number of piperidine rings is 1. The van der Waals surface area contributed by atoms with Crippen molar-refractivity contribution in [3.05, 3.63) is 114 Å². The van der Waals surface area contributed by atoms with Crippen molar-refractivity contribution in [3.8, 4) is 6.07 Å². The zero-order valence-corrected chi connectivity index (χ0v) is 21.0. The van der Waals surface area contributed by atoms with Gasteiger partial charge < -0.3 is 14.5 Å². The number of ether oxygens (including phenoxy) is 1. The molecule has 0 aliphatic carbocycles. The molecule has 0 radical (unpaired) electrons. The fourth-order valence-electron chi connectivity index (χ4n) is 5.15. The van der Waals surface area contributed by atoms with Crippen LogP contribution in [0.25, 0.3) is 11.1 Å². The molecule has 2 aliphatic rings. The molecule has 2 aromatic carbocycles. The van der Waals surface area contributed by atoms with Crippen LogP contribution in [-0.4, -0.2) is 46.1 Å². The van der Waals surface area contributed by atoms with Gasteiger partial charge in [-0.05, 0) is 60.7 Å². The normalized spacial score (nSPS) is 18.0. The van der Waals surface area contributed by atoms with Gasteiger partial charge in [0, 0.05) is 37.1 Å². The molecule has 0 bridgehead atoms. The number of amides is 1. The predicted molar refractivity (Wildman–Crippen MR) is 144 cm³/mol. The molecule has 1 amide bonds. The van der Waals surface area contributed by atoms with Gasteiger partial charge in [-0.2, -0.15) is 5.26 Å². The molecule has 0 N–H and O–H groups in total. The number of aromatic nitrogens is 1. The predicted octanol–water partition coefficient (Wildman–Crippen LogP) is 5.88. The number of carbonyl (C=O) groups excluding carboxylic acids is 1. The van der Waals surface area contributed by atoms with Crippen molar-refractivity contribution in [1.82, 2.24) is 14.8 Å². The highest BCUT2D eigenvalue weighted by Gasteiger charge is 2.32. The van der Waals surface area contributed by atoms with Crippen LogP contribution in [0.5, 0.6) is 0 Å². The molecule has 1 unspecified atom stereocenters. The summed E-state index contributed by atoms with van der Waals surface area (Å²) in [6.07, 6.45) is 7.57. The van der Waals surface area contributed by atoms with E-state index in [2.05, 4.69) is 35.2 Å². The van der Waals surface area contributed by atoms with E-state index in [0.717, 1.165) is 40.8 Å². The van der Waals surface area contributed by atoms with Crippen molar-refractivity contribution in [2.45, 2.75) is 38.5 Å². The monoisotopic (exact) mass is 490 g/mol. The van der Waals surface area contributed by atoms with Gasteiger partial charge in [-0.25, -0.2) is 4.79 Å². The topological polar surface area (TPSA) is 69.5 Å². The summed E-state index contributed by atoms with van der Waals surface area (Å²) >= 11 is 0. The maximum Gasteiger partial charge on any atom is 0.410 e. The van der Waals surface area contributed by atoms with Crippen LogP contribution in [-0.2, 0) is 11.3 Å². The highest BCUT2D eigenvalue weighted by Crippen LogP contribution is 2.36. The second kappa shape index (κ2) is 11.1. The molecule has 2 aliphatic heterocycles. The number of hydrogen-bond donors (Lipinski definition) is 0. The number of likely N-dealkylation sites (tertiary alicyclic amines) is 1. The molecule has 0 saturated carbocycles. The summed E-state index contributed by atoms with van der Waals surface area (Å²) in [5, 5.41) is 9.76. The lowest BCUT2D eigenvalue weighted by molar-refractivity contribution is 0.0740. The minimum atomic E-state index is -0.262. The molecule has 1 aromatic heterocycles. The Balaban J connectivity index is 1.33. The number of benzene rings is 2. The highest BCUT2D eigenvalue weighted by atomic mass is 16.6. The summed E-state index contributed by atoms with van der Waals surface area (Å²) in [4.78, 5) is 21.5. The first kappa shape index (κ1) is 24.3. The molecule has 6 heteroatoms. The molecule has 5 rings (SSSR count). The van der Waals surface area contributed by atoms with Crippen LogP contribution in [0.1, 0.15) is 42.1 Å². The van der Waals surface area contributed by atoms with Crippen molar-refractivity contribution in [2.24, 2.45) is 0 Å². The molecule has 37 heavy (non-hydrogen) atoms. The molecule has 186 valence electrons. The van der Waals surface area contributed by atoms with Crippen molar-refractivity contribution in [1.29, 1.82) is 5.26 Å². The summed E-state index contributed by atoms with van der Waals surface area (Å²) in [6, 6.07) is 26.1. The smallest absolute Gasteiger partial charge is 0.410 e. The van der Waals surface area contributed by atoms with Crippen molar-refractivity contribution >= 4 is 17.2 Å². The SMILES string of the molecule is CC1C(c2ccccc2C#N)=CC(c2ccccn2)=CN1C1CCN(C(=O)OCc2ccccc2)CC1. The van der Waals surface area contributed by atoms with E-state index in [4.69, 9.17) is 4.74 Å². The minimum Gasteiger partial charge on any atom is -0.445 e. The van der Waals surface area contributed by atoms with Crippen molar-refractivity contribution in [2.75, 3.05) is 13.1 Å². The second-order valence-corrected chi connectivity index (χ2v) is 9.44. The van der Waals surface area contributed by atoms with E-state index in [-0.39, 0.29) is 24.8 Å². The maximum atomic E-state index is 12.7. The lowest BCUT2D eigenvalue weighted by Crippen LogP contribution is -2.48. The third-order valence-electron chi connectivity index (χ3n) is 7.17. The van der Waals surface area contributed by atoms with Crippen LogP contribution in [0, 0.1) is 11.3 Å². The van der Waals surface area contributed by atoms with E-state index in [1.807, 2.05) is 72.8 Å². The number of nitriles is 1. The van der Waals surface area contributed by atoms with Gasteiger partial charge in [0.05, 0.1) is 23.4 Å². The lowest BCUT2D eigenvalue weighted by Gasteiger charge is -2.43.